The van der Waals surface area contributed by atoms with E-state index < -0.39 is 53.5 Å². The second-order valence-electron chi connectivity index (χ2n) is 7.97. The first-order valence-electron chi connectivity index (χ1n) is 9.43. The van der Waals surface area contributed by atoms with Gasteiger partial charge in [-0.1, -0.05) is 0 Å². The molecule has 4 amide bonds. The van der Waals surface area contributed by atoms with Crippen LogP contribution in [-0.4, -0.2) is 70.1 Å². The van der Waals surface area contributed by atoms with E-state index in [0.717, 1.165) is 0 Å². The molecule has 0 aliphatic carbocycles. The fraction of sp³-hybridized carbons (Fsp3) is 0.722. The van der Waals surface area contributed by atoms with Crippen LogP contribution in [0, 0.1) is 0 Å². The largest absolute Gasteiger partial charge is 0.480 e. The summed E-state index contributed by atoms with van der Waals surface area (Å²) in [7, 11) is 0. The Hall–Kier alpha value is -2.85. The lowest BCUT2D eigenvalue weighted by Crippen LogP contribution is -2.54. The van der Waals surface area contributed by atoms with Crippen LogP contribution >= 0.6 is 0 Å². The Morgan fingerprint density at radius 3 is 2.34 bits per heavy atom. The van der Waals surface area contributed by atoms with Crippen LogP contribution in [0.3, 0.4) is 0 Å². The average Bonchev–Trinajstić information content (AvgIpc) is 3.06. The van der Waals surface area contributed by atoms with Crippen molar-refractivity contribution in [3.05, 3.63) is 0 Å². The molecule has 0 aromatic rings. The van der Waals surface area contributed by atoms with Gasteiger partial charge in [0.2, 0.25) is 17.7 Å². The highest BCUT2D eigenvalue weighted by Gasteiger charge is 2.37. The first-order chi connectivity index (χ1) is 13.3. The van der Waals surface area contributed by atoms with Crippen molar-refractivity contribution < 1.29 is 33.8 Å². The molecule has 5 N–H and O–H groups in total. The molecule has 164 valence electrons. The smallest absolute Gasteiger partial charge is 0.410 e. The van der Waals surface area contributed by atoms with Crippen LogP contribution in [-0.2, 0) is 23.9 Å². The standard InChI is InChI=1S/C18H30N4O7/c1-10(14(24)21-11(16(26)27)7-8-13(19)23)20-15(25)12-6-5-9-22(12)17(28)29-18(2,3)4/h10-12H,5-9H2,1-4H3,(H2,19,23)(H,20,25)(H,21,24)(H,26,27)/t10-,11-,12-/m0/s1. The molecular formula is C18H30N4O7. The second-order valence-corrected chi connectivity index (χ2v) is 7.97. The predicted octanol–water partition coefficient (Wildman–Crippen LogP) is -0.274. The zero-order valence-corrected chi connectivity index (χ0v) is 17.2. The highest BCUT2D eigenvalue weighted by Crippen LogP contribution is 2.21. The Kier molecular flexibility index (Phi) is 8.41. The van der Waals surface area contributed by atoms with Crippen molar-refractivity contribution in [3.63, 3.8) is 0 Å². The van der Waals surface area contributed by atoms with E-state index in [1.54, 1.807) is 20.8 Å². The van der Waals surface area contributed by atoms with E-state index >= 15 is 0 Å². The zero-order valence-electron chi connectivity index (χ0n) is 17.2. The number of nitrogens with one attached hydrogen (secondary N) is 2. The minimum absolute atomic E-state index is 0.161. The molecule has 1 saturated heterocycles. The van der Waals surface area contributed by atoms with Crippen molar-refractivity contribution in [2.45, 2.75) is 77.1 Å². The third kappa shape index (κ3) is 7.96. The second kappa shape index (κ2) is 10.1. The summed E-state index contributed by atoms with van der Waals surface area (Å²) in [5.74, 6) is -3.25. The number of nitrogens with two attached hydrogens (primary N) is 1. The van der Waals surface area contributed by atoms with E-state index in [1.165, 1.54) is 11.8 Å². The van der Waals surface area contributed by atoms with Crippen molar-refractivity contribution >= 4 is 29.8 Å². The monoisotopic (exact) mass is 414 g/mol. The number of carbonyl (C=O) groups is 5. The number of ether oxygens (including phenoxy) is 1. The van der Waals surface area contributed by atoms with Gasteiger partial charge in [0.15, 0.2) is 0 Å². The summed E-state index contributed by atoms with van der Waals surface area (Å²) in [5, 5.41) is 13.9. The van der Waals surface area contributed by atoms with Crippen LogP contribution in [0.25, 0.3) is 0 Å². The van der Waals surface area contributed by atoms with E-state index in [0.29, 0.717) is 19.4 Å². The molecule has 0 radical (unpaired) electrons. The summed E-state index contributed by atoms with van der Waals surface area (Å²) in [6.45, 7) is 6.92. The first-order valence-corrected chi connectivity index (χ1v) is 9.43. The predicted molar refractivity (Wildman–Crippen MR) is 102 cm³/mol. The average molecular weight is 414 g/mol. The molecule has 11 nitrogen and oxygen atoms in total. The number of rotatable bonds is 8. The molecule has 0 aromatic carbocycles. The van der Waals surface area contributed by atoms with Crippen LogP contribution in [0.1, 0.15) is 53.4 Å². The Morgan fingerprint density at radius 2 is 1.83 bits per heavy atom. The van der Waals surface area contributed by atoms with Gasteiger partial charge in [-0.2, -0.15) is 0 Å². The number of likely N-dealkylation sites (tertiary alicyclic amines) is 1. The minimum Gasteiger partial charge on any atom is -0.480 e. The molecule has 1 aliphatic rings. The first kappa shape index (κ1) is 24.2. The molecule has 0 aromatic heterocycles. The van der Waals surface area contributed by atoms with Gasteiger partial charge in [0, 0.05) is 13.0 Å². The third-order valence-corrected chi connectivity index (χ3v) is 4.23. The van der Waals surface area contributed by atoms with Gasteiger partial charge in [-0.25, -0.2) is 9.59 Å². The highest BCUT2D eigenvalue weighted by molar-refractivity contribution is 5.93. The zero-order chi connectivity index (χ0) is 22.4. The molecule has 3 atom stereocenters. The van der Waals surface area contributed by atoms with Gasteiger partial charge in [0.05, 0.1) is 0 Å². The fourth-order valence-electron chi connectivity index (χ4n) is 2.79. The van der Waals surface area contributed by atoms with Crippen LogP contribution in [0.2, 0.25) is 0 Å². The summed E-state index contributed by atoms with van der Waals surface area (Å²) in [5.41, 5.74) is 4.30. The minimum atomic E-state index is -1.31. The molecule has 0 saturated carbocycles. The number of carboxylic acid groups (broad SMARTS) is 1. The molecule has 11 heteroatoms. The number of carboxylic acids is 1. The van der Waals surface area contributed by atoms with Crippen molar-refractivity contribution in [1.82, 2.24) is 15.5 Å². The Bertz CT molecular complexity index is 659. The molecule has 1 rings (SSSR count). The fourth-order valence-corrected chi connectivity index (χ4v) is 2.79. The van der Waals surface area contributed by atoms with Crippen LogP contribution in [0.5, 0.6) is 0 Å². The van der Waals surface area contributed by atoms with Crippen LogP contribution in [0.15, 0.2) is 0 Å². The molecule has 0 bridgehead atoms. The van der Waals surface area contributed by atoms with Crippen molar-refractivity contribution in [2.75, 3.05) is 6.54 Å². The molecule has 0 spiro atoms. The molecule has 29 heavy (non-hydrogen) atoms. The SMILES string of the molecule is C[C@H](NC(=O)[C@@H]1CCCN1C(=O)OC(C)(C)C)C(=O)N[C@@H](CCC(N)=O)C(=O)O. The van der Waals surface area contributed by atoms with E-state index in [2.05, 4.69) is 10.6 Å². The number of nitrogens with zero attached hydrogens (tertiary/aromatic N) is 1. The molecular weight excluding hydrogens is 384 g/mol. The maximum absolute atomic E-state index is 12.6. The van der Waals surface area contributed by atoms with Gasteiger partial charge < -0.3 is 26.2 Å². The lowest BCUT2D eigenvalue weighted by molar-refractivity contribution is -0.142. The van der Waals surface area contributed by atoms with Crippen LogP contribution in [0.4, 0.5) is 4.79 Å². The number of hydrogen-bond donors (Lipinski definition) is 4. The lowest BCUT2D eigenvalue weighted by Gasteiger charge is -2.28. The maximum Gasteiger partial charge on any atom is 0.410 e. The Morgan fingerprint density at radius 1 is 1.21 bits per heavy atom. The Balaban J connectivity index is 2.67. The summed E-state index contributed by atoms with van der Waals surface area (Å²) >= 11 is 0. The van der Waals surface area contributed by atoms with E-state index in [1.807, 2.05) is 0 Å². The molecule has 1 fully saturated rings. The van der Waals surface area contributed by atoms with Gasteiger partial charge in [-0.3, -0.25) is 19.3 Å². The summed E-state index contributed by atoms with van der Waals surface area (Å²) < 4.78 is 5.30. The molecule has 0 unspecified atom stereocenters. The van der Waals surface area contributed by atoms with E-state index in [-0.39, 0.29) is 12.8 Å². The quantitative estimate of drug-likeness (QED) is 0.423. The third-order valence-electron chi connectivity index (χ3n) is 4.23. The molecule has 1 heterocycles. The lowest BCUT2D eigenvalue weighted by atomic mass is 10.1. The normalized spacial score (nSPS) is 18.5. The number of amides is 4. The summed E-state index contributed by atoms with van der Waals surface area (Å²) in [6.07, 6.45) is 0.0727. The molecule has 1 aliphatic heterocycles. The van der Waals surface area contributed by atoms with Gasteiger partial charge >= 0.3 is 12.1 Å². The number of carbonyl (C=O) groups excluding carboxylic acids is 4. The number of primary amides is 1. The van der Waals surface area contributed by atoms with E-state index in [4.69, 9.17) is 15.6 Å². The van der Waals surface area contributed by atoms with Gasteiger partial charge in [-0.15, -0.1) is 0 Å². The van der Waals surface area contributed by atoms with Crippen molar-refractivity contribution in [1.29, 1.82) is 0 Å². The number of aliphatic carboxylic acids is 1. The van der Waals surface area contributed by atoms with Crippen molar-refractivity contribution in [3.8, 4) is 0 Å². The van der Waals surface area contributed by atoms with E-state index in [9.17, 15) is 24.0 Å². The highest BCUT2D eigenvalue weighted by atomic mass is 16.6. The van der Waals surface area contributed by atoms with Crippen LogP contribution < -0.4 is 16.4 Å². The van der Waals surface area contributed by atoms with Gasteiger partial charge in [-0.05, 0) is 47.0 Å². The maximum atomic E-state index is 12.6. The van der Waals surface area contributed by atoms with Gasteiger partial charge in [0.25, 0.3) is 0 Å². The number of hydrogen-bond acceptors (Lipinski definition) is 6. The summed E-state index contributed by atoms with van der Waals surface area (Å²) in [6, 6.07) is -3.12. The topological polar surface area (TPSA) is 168 Å². The summed E-state index contributed by atoms with van der Waals surface area (Å²) in [4.78, 5) is 60.5. The van der Waals surface area contributed by atoms with Gasteiger partial charge in [0.1, 0.15) is 23.7 Å². The van der Waals surface area contributed by atoms with Crippen molar-refractivity contribution in [2.24, 2.45) is 5.73 Å². The Labute approximate surface area is 169 Å².